The first kappa shape index (κ1) is 36.4. The van der Waals surface area contributed by atoms with Gasteiger partial charge in [0.25, 0.3) is 5.91 Å². The molecule has 1 N–H and O–H groups in total. The molecule has 1 aromatic heterocycles. The van der Waals surface area contributed by atoms with E-state index in [0.717, 1.165) is 18.9 Å². The van der Waals surface area contributed by atoms with Crippen molar-refractivity contribution >= 4 is 45.9 Å². The van der Waals surface area contributed by atoms with E-state index in [9.17, 15) is 14.4 Å². The highest BCUT2D eigenvalue weighted by Crippen LogP contribution is 2.39. The number of carbonyl (C=O) groups excluding carboxylic acids is 3. The lowest BCUT2D eigenvalue weighted by Crippen LogP contribution is -2.67. The number of ether oxygens (including phenoxy) is 4. The number of anilines is 1. The molecule has 1 unspecified atom stereocenters. The largest absolute Gasteiger partial charge is 0.466 e. The minimum absolute atomic E-state index is 0.0708. The molecule has 3 aliphatic rings. The Kier molecular flexibility index (Phi) is 11.6. The van der Waals surface area contributed by atoms with Gasteiger partial charge < -0.3 is 28.7 Å². The molecule has 50 heavy (non-hydrogen) atoms. The van der Waals surface area contributed by atoms with Gasteiger partial charge in [0.05, 0.1) is 47.1 Å². The van der Waals surface area contributed by atoms with Crippen molar-refractivity contribution in [2.45, 2.75) is 76.0 Å². The third-order valence-electron chi connectivity index (χ3n) is 10.2. The number of nitrogens with zero attached hydrogens (tertiary/aromatic N) is 2. The van der Waals surface area contributed by atoms with Crippen LogP contribution in [0.2, 0.25) is 5.02 Å². The fourth-order valence-corrected chi connectivity index (χ4v) is 7.83. The van der Waals surface area contributed by atoms with E-state index in [1.165, 1.54) is 12.3 Å². The Morgan fingerprint density at radius 1 is 1.00 bits per heavy atom. The van der Waals surface area contributed by atoms with Crippen molar-refractivity contribution in [3.05, 3.63) is 64.6 Å². The third-order valence-corrected chi connectivity index (χ3v) is 10.5. The zero-order valence-electron chi connectivity index (χ0n) is 28.8. The molecule has 3 aromatic rings. The number of hydrogen-bond acceptors (Lipinski definition) is 10. The van der Waals surface area contributed by atoms with Gasteiger partial charge in [0.1, 0.15) is 17.7 Å². The van der Waals surface area contributed by atoms with Gasteiger partial charge in [-0.2, -0.15) is 0 Å². The average Bonchev–Trinajstić information content (AvgIpc) is 3.90. The lowest BCUT2D eigenvalue weighted by atomic mass is 9.87. The zero-order valence-corrected chi connectivity index (χ0v) is 29.5. The van der Waals surface area contributed by atoms with Crippen LogP contribution in [-0.4, -0.2) is 98.6 Å². The minimum atomic E-state index is -1.53. The molecule has 1 aliphatic carbocycles. The van der Waals surface area contributed by atoms with Crippen LogP contribution in [0.4, 0.5) is 10.1 Å². The number of halogens is 2. The predicted octanol–water partition coefficient (Wildman–Crippen LogP) is 5.82. The van der Waals surface area contributed by atoms with Crippen LogP contribution in [0.25, 0.3) is 11.0 Å². The van der Waals surface area contributed by atoms with Gasteiger partial charge in [0.15, 0.2) is 5.78 Å². The lowest BCUT2D eigenvalue weighted by molar-refractivity contribution is -0.254. The molecule has 3 heterocycles. The molecule has 0 bridgehead atoms. The second-order valence-electron chi connectivity index (χ2n) is 13.2. The molecule has 6 rings (SSSR count). The number of Topliss-reactive ketones (excluding diaryl/α,β-unsaturated/α-hetero) is 1. The molecule has 1 saturated carbocycles. The summed E-state index contributed by atoms with van der Waals surface area (Å²) in [5.74, 6) is -3.48. The molecular formula is C37H45ClFN3O8. The molecule has 270 valence electrons. The van der Waals surface area contributed by atoms with Crippen LogP contribution in [0.15, 0.2) is 47.1 Å². The number of carbonyl (C=O) groups is 3. The molecular weight excluding hydrogens is 669 g/mol. The molecule has 0 spiro atoms. The van der Waals surface area contributed by atoms with Gasteiger partial charge in [0, 0.05) is 52.2 Å². The van der Waals surface area contributed by atoms with Crippen molar-refractivity contribution in [2.24, 2.45) is 5.92 Å². The predicted molar refractivity (Wildman–Crippen MR) is 184 cm³/mol. The molecule has 1 amide bonds. The summed E-state index contributed by atoms with van der Waals surface area (Å²) < 4.78 is 45.2. The monoisotopic (exact) mass is 713 g/mol. The van der Waals surface area contributed by atoms with Gasteiger partial charge in [-0.05, 0) is 69.2 Å². The summed E-state index contributed by atoms with van der Waals surface area (Å²) >= 11 is 6.63. The highest BCUT2D eigenvalue weighted by atomic mass is 35.5. The maximum atomic E-state index is 15.9. The Hall–Kier alpha value is -3.39. The van der Waals surface area contributed by atoms with Crippen molar-refractivity contribution < 1.29 is 42.1 Å². The van der Waals surface area contributed by atoms with Crippen LogP contribution in [0.3, 0.4) is 0 Å². The van der Waals surface area contributed by atoms with E-state index >= 15 is 4.39 Å². The SMILES string of the molecule is CCOC(=O)C1CCC(OC(C(=O)Cc2cc(Cl)c(NC(=O)c3coc4ccccc34)cc2F)(N2CCCC2)N2C[C@H](OC)[C@H](OC)C2)CC1. The van der Waals surface area contributed by atoms with Crippen molar-refractivity contribution in [1.82, 2.24) is 9.80 Å². The summed E-state index contributed by atoms with van der Waals surface area (Å²) in [4.78, 5) is 44.5. The van der Waals surface area contributed by atoms with E-state index in [1.54, 1.807) is 45.4 Å². The molecule has 3 atom stereocenters. The van der Waals surface area contributed by atoms with Gasteiger partial charge in [-0.1, -0.05) is 29.8 Å². The van der Waals surface area contributed by atoms with E-state index in [4.69, 9.17) is 35.0 Å². The van der Waals surface area contributed by atoms with Crippen LogP contribution in [-0.2, 0) is 35.0 Å². The number of ketones is 1. The number of likely N-dealkylation sites (tertiary alicyclic amines) is 2. The maximum absolute atomic E-state index is 15.9. The number of hydrogen-bond donors (Lipinski definition) is 1. The first-order valence-corrected chi connectivity index (χ1v) is 17.7. The Morgan fingerprint density at radius 3 is 2.34 bits per heavy atom. The topological polar surface area (TPSA) is 120 Å². The van der Waals surface area contributed by atoms with E-state index in [0.29, 0.717) is 69.4 Å². The average molecular weight is 714 g/mol. The van der Waals surface area contributed by atoms with E-state index in [1.807, 2.05) is 4.90 Å². The molecule has 11 nitrogen and oxygen atoms in total. The smallest absolute Gasteiger partial charge is 0.308 e. The Morgan fingerprint density at radius 2 is 1.68 bits per heavy atom. The summed E-state index contributed by atoms with van der Waals surface area (Å²) in [6.45, 7) is 4.09. The number of amides is 1. The minimum Gasteiger partial charge on any atom is -0.466 e. The fourth-order valence-electron chi connectivity index (χ4n) is 7.59. The number of nitrogens with one attached hydrogen (secondary N) is 1. The molecule has 2 saturated heterocycles. The van der Waals surface area contributed by atoms with Gasteiger partial charge in [-0.15, -0.1) is 0 Å². The van der Waals surface area contributed by atoms with E-state index < -0.39 is 17.6 Å². The second-order valence-corrected chi connectivity index (χ2v) is 13.6. The molecule has 2 aromatic carbocycles. The second kappa shape index (κ2) is 15.9. The number of rotatable bonds is 13. The number of furan rings is 1. The fraction of sp³-hybridized carbons (Fsp3) is 0.541. The highest BCUT2D eigenvalue weighted by Gasteiger charge is 2.56. The number of benzene rings is 2. The van der Waals surface area contributed by atoms with Gasteiger partial charge in [-0.25, -0.2) is 4.39 Å². The first-order chi connectivity index (χ1) is 24.2. The quantitative estimate of drug-likeness (QED) is 0.217. The van der Waals surface area contributed by atoms with Crippen molar-refractivity contribution in [2.75, 3.05) is 52.3 Å². The van der Waals surface area contributed by atoms with Gasteiger partial charge in [0.2, 0.25) is 5.85 Å². The summed E-state index contributed by atoms with van der Waals surface area (Å²) in [7, 11) is 3.23. The van der Waals surface area contributed by atoms with Crippen LogP contribution >= 0.6 is 11.6 Å². The van der Waals surface area contributed by atoms with E-state index in [-0.39, 0.29) is 64.2 Å². The van der Waals surface area contributed by atoms with Crippen molar-refractivity contribution in [3.8, 4) is 0 Å². The number of fused-ring (bicyclic) bond motifs is 1. The van der Waals surface area contributed by atoms with Crippen LogP contribution in [0.1, 0.15) is 61.4 Å². The number of para-hydroxylation sites is 1. The normalized spacial score (nSPS) is 24.3. The van der Waals surface area contributed by atoms with Crippen molar-refractivity contribution in [3.63, 3.8) is 0 Å². The van der Waals surface area contributed by atoms with Crippen LogP contribution in [0.5, 0.6) is 0 Å². The summed E-state index contributed by atoms with van der Waals surface area (Å²) in [6, 6.07) is 9.62. The Bertz CT molecular complexity index is 1680. The van der Waals surface area contributed by atoms with Gasteiger partial charge in [-0.3, -0.25) is 24.2 Å². The standard InChI is InChI=1S/C37H45ClFN3O8/c1-4-48-36(45)23-11-13-25(14-12-23)50-37(41-15-7-8-16-41,42-20-32(46-2)33(21-42)47-3)34(43)18-24-17-28(38)30(19-29(24)39)40-35(44)27-22-49-31-10-6-5-9-26(27)31/h5-6,9-10,17,19,22-23,25,32-33H,4,7-8,11-16,18,20-21H2,1-3H3,(H,40,44)/t23?,25?,32-,33+,37?. The Labute approximate surface area is 296 Å². The van der Waals surface area contributed by atoms with Crippen molar-refractivity contribution in [1.29, 1.82) is 0 Å². The molecule has 2 aliphatic heterocycles. The van der Waals surface area contributed by atoms with E-state index in [2.05, 4.69) is 10.2 Å². The summed E-state index contributed by atoms with van der Waals surface area (Å²) in [5.41, 5.74) is 0.984. The maximum Gasteiger partial charge on any atom is 0.308 e. The third kappa shape index (κ3) is 7.33. The molecule has 13 heteroatoms. The summed E-state index contributed by atoms with van der Waals surface area (Å²) in [6.07, 6.45) is 4.17. The highest BCUT2D eigenvalue weighted by molar-refractivity contribution is 6.34. The summed E-state index contributed by atoms with van der Waals surface area (Å²) in [5, 5.41) is 3.38. The lowest BCUT2D eigenvalue weighted by Gasteiger charge is -2.48. The Balaban J connectivity index is 1.28. The molecule has 0 radical (unpaired) electrons. The zero-order chi connectivity index (χ0) is 35.4. The number of methoxy groups -OCH3 is 2. The first-order valence-electron chi connectivity index (χ1n) is 17.4. The number of esters is 1. The van der Waals surface area contributed by atoms with Crippen LogP contribution in [0, 0.1) is 11.7 Å². The van der Waals surface area contributed by atoms with Crippen LogP contribution < -0.4 is 5.32 Å². The van der Waals surface area contributed by atoms with Gasteiger partial charge >= 0.3 is 5.97 Å². The molecule has 3 fully saturated rings.